The Morgan fingerprint density at radius 3 is 2.38 bits per heavy atom. The molecule has 0 spiro atoms. The summed E-state index contributed by atoms with van der Waals surface area (Å²) >= 11 is 3.26. The van der Waals surface area contributed by atoms with Gasteiger partial charge in [0.15, 0.2) is 11.6 Å². The lowest BCUT2D eigenvalue weighted by molar-refractivity contribution is -0.123. The zero-order chi connectivity index (χ0) is 28.1. The summed E-state index contributed by atoms with van der Waals surface area (Å²) in [5.41, 5.74) is 4.21. The molecule has 7 nitrogen and oxygen atoms in total. The van der Waals surface area contributed by atoms with Crippen LogP contribution in [0.5, 0.6) is 5.75 Å². The molecular formula is C32H28BrNO6. The van der Waals surface area contributed by atoms with Gasteiger partial charge in [0, 0.05) is 23.1 Å². The highest BCUT2D eigenvalue weighted by Crippen LogP contribution is 2.55. The number of carbonyl (C=O) groups excluding carboxylic acids is 4. The summed E-state index contributed by atoms with van der Waals surface area (Å²) in [6.45, 7) is 2.10. The van der Waals surface area contributed by atoms with Gasteiger partial charge in [-0.2, -0.15) is 0 Å². The zero-order valence-corrected chi connectivity index (χ0v) is 23.5. The maximum absolute atomic E-state index is 14.0. The quantitative estimate of drug-likeness (QED) is 0.295. The highest BCUT2D eigenvalue weighted by atomic mass is 79.9. The number of aliphatic hydroxyl groups is 1. The van der Waals surface area contributed by atoms with Crippen molar-refractivity contribution in [1.29, 1.82) is 0 Å². The second-order valence-electron chi connectivity index (χ2n) is 10.6. The number of anilines is 1. The number of aliphatic hydroxyl groups excluding tert-OH is 1. The van der Waals surface area contributed by atoms with Crippen LogP contribution in [0.2, 0.25) is 0 Å². The molecule has 0 unspecified atom stereocenters. The van der Waals surface area contributed by atoms with E-state index in [1.807, 2.05) is 49.4 Å². The summed E-state index contributed by atoms with van der Waals surface area (Å²) in [7, 11) is 0. The number of allylic oxidation sites excluding steroid dienone is 6. The van der Waals surface area contributed by atoms with Gasteiger partial charge in [0.25, 0.3) is 0 Å². The number of nitrogens with zero attached hydrogens (tertiary/aromatic N) is 1. The van der Waals surface area contributed by atoms with E-state index in [4.69, 9.17) is 9.84 Å². The van der Waals surface area contributed by atoms with Crippen molar-refractivity contribution in [2.75, 3.05) is 18.1 Å². The molecule has 2 amide bonds. The van der Waals surface area contributed by atoms with Gasteiger partial charge in [-0.25, -0.2) is 0 Å². The molecule has 4 aliphatic rings. The van der Waals surface area contributed by atoms with Crippen molar-refractivity contribution in [3.63, 3.8) is 0 Å². The van der Waals surface area contributed by atoms with Crippen molar-refractivity contribution < 1.29 is 29.0 Å². The normalized spacial score (nSPS) is 25.8. The predicted molar refractivity (Wildman–Crippen MR) is 152 cm³/mol. The third-order valence-electron chi connectivity index (χ3n) is 8.51. The lowest BCUT2D eigenvalue weighted by atomic mass is 9.59. The van der Waals surface area contributed by atoms with Crippen molar-refractivity contribution in [3.05, 3.63) is 93.0 Å². The fraction of sp³-hybridized carbons (Fsp3) is 0.312. The number of hydrogen-bond donors (Lipinski definition) is 1. The fourth-order valence-electron chi connectivity index (χ4n) is 6.64. The van der Waals surface area contributed by atoms with Gasteiger partial charge in [0.05, 0.1) is 28.6 Å². The van der Waals surface area contributed by atoms with Gasteiger partial charge in [0.2, 0.25) is 11.8 Å². The van der Waals surface area contributed by atoms with Crippen molar-refractivity contribution in [1.82, 2.24) is 0 Å². The number of hydrogen-bond acceptors (Lipinski definition) is 6. The molecule has 40 heavy (non-hydrogen) atoms. The molecule has 6 rings (SSSR count). The number of rotatable bonds is 6. The minimum absolute atomic E-state index is 0.109. The molecule has 2 aromatic carbocycles. The number of aryl methyl sites for hydroxylation is 1. The van der Waals surface area contributed by atoms with Gasteiger partial charge in [-0.15, -0.1) is 0 Å². The van der Waals surface area contributed by atoms with Gasteiger partial charge < -0.3 is 9.84 Å². The second-order valence-corrected chi connectivity index (χ2v) is 11.4. The standard InChI is InChI=1S/C32H28BrNO6/c1-2-17-3-7-19(8-4-17)34-31(38)22-12-11-21-23(28(22)32(34)39)15-24-29(26(36)16-25(33)30(24)37)27(21)18-5-9-20(10-6-18)40-14-13-35/h3-11,16,22-23,27-28,35H,2,12-15H2,1H3/t22-,23+,27-,28-/m0/s1. The van der Waals surface area contributed by atoms with Crippen molar-refractivity contribution in [3.8, 4) is 5.75 Å². The van der Waals surface area contributed by atoms with E-state index in [1.54, 1.807) is 12.1 Å². The summed E-state index contributed by atoms with van der Waals surface area (Å²) in [5, 5.41) is 9.08. The predicted octanol–water partition coefficient (Wildman–Crippen LogP) is 4.59. The molecular weight excluding hydrogens is 574 g/mol. The summed E-state index contributed by atoms with van der Waals surface area (Å²) in [6.07, 6.45) is 4.81. The molecule has 4 atom stereocenters. The Bertz CT molecular complexity index is 1520. The molecule has 204 valence electrons. The van der Waals surface area contributed by atoms with Crippen LogP contribution >= 0.6 is 15.9 Å². The monoisotopic (exact) mass is 601 g/mol. The van der Waals surface area contributed by atoms with Crippen molar-refractivity contribution in [2.24, 2.45) is 17.8 Å². The molecule has 0 saturated carbocycles. The molecule has 1 aliphatic heterocycles. The zero-order valence-electron chi connectivity index (χ0n) is 21.9. The van der Waals surface area contributed by atoms with E-state index in [1.165, 1.54) is 11.0 Å². The van der Waals surface area contributed by atoms with E-state index in [9.17, 15) is 19.2 Å². The molecule has 2 aromatic rings. The Balaban J connectivity index is 1.42. The minimum atomic E-state index is -0.616. The molecule has 1 N–H and O–H groups in total. The van der Waals surface area contributed by atoms with Crippen LogP contribution in [0.3, 0.4) is 0 Å². The number of halogens is 1. The van der Waals surface area contributed by atoms with Crippen molar-refractivity contribution in [2.45, 2.75) is 32.1 Å². The second kappa shape index (κ2) is 10.4. The number of carbonyl (C=O) groups is 4. The van der Waals surface area contributed by atoms with Gasteiger partial charge in [0.1, 0.15) is 12.4 Å². The Labute approximate surface area is 240 Å². The summed E-state index contributed by atoms with van der Waals surface area (Å²) in [6, 6.07) is 14.7. The van der Waals surface area contributed by atoms with Crippen LogP contribution in [0.1, 0.15) is 36.8 Å². The average molecular weight is 602 g/mol. The minimum Gasteiger partial charge on any atom is -0.491 e. The van der Waals surface area contributed by atoms with Crippen LogP contribution in [0, 0.1) is 17.8 Å². The Morgan fingerprint density at radius 2 is 1.70 bits per heavy atom. The van der Waals surface area contributed by atoms with Crippen LogP contribution in [0.4, 0.5) is 5.69 Å². The first kappa shape index (κ1) is 26.6. The maximum Gasteiger partial charge on any atom is 0.238 e. The van der Waals surface area contributed by atoms with Crippen LogP contribution < -0.4 is 9.64 Å². The first-order chi connectivity index (χ1) is 19.3. The third-order valence-corrected chi connectivity index (χ3v) is 9.10. The first-order valence-corrected chi connectivity index (χ1v) is 14.3. The number of ketones is 2. The van der Waals surface area contributed by atoms with Crippen LogP contribution in [0.15, 0.2) is 81.9 Å². The SMILES string of the molecule is CCc1ccc(N2C(=O)[C@H]3[C@H](CC=C4[C@H](c5ccc(OCCO)cc5)C5=C(C[C@H]43)C(=O)C(Br)=CC5=O)C2=O)cc1. The smallest absolute Gasteiger partial charge is 0.238 e. The number of benzene rings is 2. The molecule has 3 aliphatic carbocycles. The largest absolute Gasteiger partial charge is 0.491 e. The van der Waals surface area contributed by atoms with E-state index in [0.29, 0.717) is 29.0 Å². The summed E-state index contributed by atoms with van der Waals surface area (Å²) in [5.74, 6) is -2.43. The summed E-state index contributed by atoms with van der Waals surface area (Å²) < 4.78 is 5.72. The third kappa shape index (κ3) is 4.21. The van der Waals surface area contributed by atoms with E-state index in [0.717, 1.165) is 23.1 Å². The van der Waals surface area contributed by atoms with E-state index < -0.39 is 17.8 Å². The summed E-state index contributed by atoms with van der Waals surface area (Å²) in [4.78, 5) is 55.6. The Hall–Kier alpha value is -3.62. The lowest BCUT2D eigenvalue weighted by Crippen LogP contribution is -2.39. The molecule has 0 aromatic heterocycles. The van der Waals surface area contributed by atoms with E-state index in [2.05, 4.69) is 15.9 Å². The van der Waals surface area contributed by atoms with Gasteiger partial charge in [-0.1, -0.05) is 42.8 Å². The van der Waals surface area contributed by atoms with E-state index in [-0.39, 0.29) is 53.4 Å². The van der Waals surface area contributed by atoms with Gasteiger partial charge in [-0.3, -0.25) is 24.1 Å². The van der Waals surface area contributed by atoms with Crippen molar-refractivity contribution >= 4 is 45.0 Å². The molecule has 0 radical (unpaired) electrons. The highest BCUT2D eigenvalue weighted by Gasteiger charge is 2.56. The van der Waals surface area contributed by atoms with Crippen LogP contribution in [-0.4, -0.2) is 41.7 Å². The highest BCUT2D eigenvalue weighted by molar-refractivity contribution is 9.12. The average Bonchev–Trinajstić information content (AvgIpc) is 3.23. The maximum atomic E-state index is 14.0. The topological polar surface area (TPSA) is 101 Å². The first-order valence-electron chi connectivity index (χ1n) is 13.5. The van der Waals surface area contributed by atoms with Crippen LogP contribution in [-0.2, 0) is 25.6 Å². The molecule has 8 heteroatoms. The Morgan fingerprint density at radius 1 is 0.975 bits per heavy atom. The Kier molecular flexibility index (Phi) is 6.92. The molecule has 0 bridgehead atoms. The van der Waals surface area contributed by atoms with Gasteiger partial charge in [-0.05, 0) is 76.5 Å². The number of ether oxygens (including phenoxy) is 1. The molecule has 1 heterocycles. The number of fused-ring (bicyclic) bond motifs is 3. The molecule has 1 saturated heterocycles. The lowest BCUT2D eigenvalue weighted by Gasteiger charge is -2.42. The van der Waals surface area contributed by atoms with Gasteiger partial charge >= 0.3 is 0 Å². The van der Waals surface area contributed by atoms with E-state index >= 15 is 0 Å². The number of imide groups is 1. The molecule has 1 fully saturated rings. The number of Topliss-reactive ketones (excluding diaryl/α,β-unsaturated/α-hetero) is 1. The fourth-order valence-corrected chi connectivity index (χ4v) is 7.09. The van der Waals surface area contributed by atoms with Crippen LogP contribution in [0.25, 0.3) is 0 Å². The number of amides is 2.